The summed E-state index contributed by atoms with van der Waals surface area (Å²) >= 11 is 6.69. The first-order chi connectivity index (χ1) is 8.63. The van der Waals surface area contributed by atoms with Crippen LogP contribution in [0.1, 0.15) is 0 Å². The number of thioether (sulfide) groups is 1. The number of hydrogen-bond acceptors (Lipinski definition) is 4. The number of halogens is 1. The van der Waals surface area contributed by atoms with Gasteiger partial charge in [0.2, 0.25) is 0 Å². The van der Waals surface area contributed by atoms with Crippen LogP contribution in [0.4, 0.5) is 5.69 Å². The van der Waals surface area contributed by atoms with E-state index in [9.17, 15) is 10.1 Å². The molecule has 90 valence electrons. The minimum atomic E-state index is -0.498. The molecule has 5 nitrogen and oxygen atoms in total. The van der Waals surface area contributed by atoms with Crippen molar-refractivity contribution in [3.05, 3.63) is 51.7 Å². The van der Waals surface area contributed by atoms with Gasteiger partial charge in [-0.15, -0.1) is 0 Å². The van der Waals surface area contributed by atoms with Gasteiger partial charge >= 0.3 is 0 Å². The van der Waals surface area contributed by atoms with Crippen molar-refractivity contribution < 1.29 is 4.92 Å². The number of nitrogens with zero attached hydrogens (tertiary/aromatic N) is 3. The maximum atomic E-state index is 11.0. The van der Waals surface area contributed by atoms with Gasteiger partial charge in [0.25, 0.3) is 5.69 Å². The SMILES string of the molecule is N#CSc1cccn1-c1ccc(Cl)cc1[N+](=O)[O-]. The predicted molar refractivity (Wildman–Crippen MR) is 68.9 cm³/mol. The zero-order valence-corrected chi connectivity index (χ0v) is 10.5. The van der Waals surface area contributed by atoms with Crippen LogP contribution in [0.3, 0.4) is 0 Å². The van der Waals surface area contributed by atoms with E-state index in [1.165, 1.54) is 6.07 Å². The van der Waals surface area contributed by atoms with E-state index in [-0.39, 0.29) is 5.69 Å². The van der Waals surface area contributed by atoms with Gasteiger partial charge in [0.1, 0.15) is 11.1 Å². The van der Waals surface area contributed by atoms with Gasteiger partial charge in [-0.2, -0.15) is 5.26 Å². The fourth-order valence-electron chi connectivity index (χ4n) is 1.54. The fraction of sp³-hybridized carbons (Fsp3) is 0. The van der Waals surface area contributed by atoms with Gasteiger partial charge in [-0.25, -0.2) is 0 Å². The van der Waals surface area contributed by atoms with E-state index >= 15 is 0 Å². The molecule has 0 unspecified atom stereocenters. The molecule has 0 aliphatic carbocycles. The van der Waals surface area contributed by atoms with Gasteiger partial charge < -0.3 is 4.57 Å². The molecule has 0 aliphatic heterocycles. The normalized spacial score (nSPS) is 10.0. The number of nitro groups is 1. The molecule has 0 aliphatic rings. The Morgan fingerprint density at radius 2 is 2.22 bits per heavy atom. The lowest BCUT2D eigenvalue weighted by Crippen LogP contribution is -1.99. The summed E-state index contributed by atoms with van der Waals surface area (Å²) in [6, 6.07) is 7.86. The highest BCUT2D eigenvalue weighted by molar-refractivity contribution is 8.03. The molecule has 7 heteroatoms. The Balaban J connectivity index is 2.60. The van der Waals surface area contributed by atoms with Crippen molar-refractivity contribution in [2.45, 2.75) is 5.03 Å². The number of thiocyanates is 1. The third-order valence-corrected chi connectivity index (χ3v) is 3.12. The molecule has 0 N–H and O–H groups in total. The molecule has 1 aromatic heterocycles. The van der Waals surface area contributed by atoms with Crippen LogP contribution in [0.25, 0.3) is 5.69 Å². The van der Waals surface area contributed by atoms with Gasteiger partial charge in [0, 0.05) is 29.0 Å². The second-order valence-corrected chi connectivity index (χ2v) is 4.54. The van der Waals surface area contributed by atoms with Gasteiger partial charge in [-0.1, -0.05) is 11.6 Å². The summed E-state index contributed by atoms with van der Waals surface area (Å²) in [5, 5.41) is 22.5. The lowest BCUT2D eigenvalue weighted by atomic mass is 10.2. The van der Waals surface area contributed by atoms with Crippen molar-refractivity contribution in [1.29, 1.82) is 5.26 Å². The van der Waals surface area contributed by atoms with E-state index in [1.54, 1.807) is 35.0 Å². The van der Waals surface area contributed by atoms with Crippen LogP contribution in [0.2, 0.25) is 5.02 Å². The number of nitriles is 1. The molecular formula is C11H6ClN3O2S. The van der Waals surface area contributed by atoms with Crippen molar-refractivity contribution in [3.63, 3.8) is 0 Å². The Morgan fingerprint density at radius 3 is 2.89 bits per heavy atom. The monoisotopic (exact) mass is 279 g/mol. The van der Waals surface area contributed by atoms with Crippen LogP contribution in [-0.2, 0) is 0 Å². The van der Waals surface area contributed by atoms with Crippen LogP contribution < -0.4 is 0 Å². The minimum Gasteiger partial charge on any atom is -0.305 e. The molecule has 0 bridgehead atoms. The van der Waals surface area contributed by atoms with E-state index in [0.29, 0.717) is 15.7 Å². The molecule has 2 rings (SSSR count). The van der Waals surface area contributed by atoms with Crippen molar-refractivity contribution in [2.24, 2.45) is 0 Å². The zero-order valence-electron chi connectivity index (χ0n) is 8.91. The summed E-state index contributed by atoms with van der Waals surface area (Å²) in [5.74, 6) is 0. The van der Waals surface area contributed by atoms with E-state index in [2.05, 4.69) is 0 Å². The van der Waals surface area contributed by atoms with E-state index in [0.717, 1.165) is 11.8 Å². The second kappa shape index (κ2) is 5.12. The molecular weight excluding hydrogens is 274 g/mol. The molecule has 0 atom stereocenters. The van der Waals surface area contributed by atoms with Crippen LogP contribution in [0.5, 0.6) is 0 Å². The predicted octanol–water partition coefficient (Wildman–Crippen LogP) is 3.61. The lowest BCUT2D eigenvalue weighted by Gasteiger charge is -2.07. The van der Waals surface area contributed by atoms with Gasteiger partial charge in [-0.05, 0) is 24.3 Å². The first kappa shape index (κ1) is 12.5. The molecule has 0 amide bonds. The average Bonchev–Trinajstić information content (AvgIpc) is 2.77. The molecule has 0 spiro atoms. The summed E-state index contributed by atoms with van der Waals surface area (Å²) in [4.78, 5) is 10.5. The second-order valence-electron chi connectivity index (χ2n) is 3.30. The Kier molecular flexibility index (Phi) is 3.55. The fourth-order valence-corrected chi connectivity index (χ4v) is 2.20. The summed E-state index contributed by atoms with van der Waals surface area (Å²) in [6.45, 7) is 0. The lowest BCUT2D eigenvalue weighted by molar-refractivity contribution is -0.384. The number of aromatic nitrogens is 1. The highest BCUT2D eigenvalue weighted by atomic mass is 35.5. The highest BCUT2D eigenvalue weighted by Gasteiger charge is 2.17. The Morgan fingerprint density at radius 1 is 1.44 bits per heavy atom. The van der Waals surface area contributed by atoms with Crippen LogP contribution in [0.15, 0.2) is 41.6 Å². The number of nitro benzene ring substituents is 1. The third kappa shape index (κ3) is 2.32. The third-order valence-electron chi connectivity index (χ3n) is 2.26. The maximum absolute atomic E-state index is 11.0. The average molecular weight is 280 g/mol. The summed E-state index contributed by atoms with van der Waals surface area (Å²) in [5.41, 5.74) is 0.283. The molecule has 1 aromatic carbocycles. The van der Waals surface area contributed by atoms with Crippen LogP contribution >= 0.6 is 23.4 Å². The molecule has 1 heterocycles. The largest absolute Gasteiger partial charge is 0.305 e. The standard InChI is InChI=1S/C11H6ClN3O2S/c12-8-3-4-9(10(6-8)15(16)17)14-5-1-2-11(14)18-7-13/h1-6H. The number of rotatable bonds is 3. The Labute approximate surface area is 112 Å². The first-order valence-electron chi connectivity index (χ1n) is 4.81. The van der Waals surface area contributed by atoms with E-state index in [1.807, 2.05) is 5.40 Å². The Hall–Kier alpha value is -1.97. The van der Waals surface area contributed by atoms with Gasteiger partial charge in [-0.3, -0.25) is 10.1 Å². The molecule has 18 heavy (non-hydrogen) atoms. The minimum absolute atomic E-state index is 0.0986. The maximum Gasteiger partial charge on any atom is 0.294 e. The first-order valence-corrected chi connectivity index (χ1v) is 6.00. The van der Waals surface area contributed by atoms with Crippen LogP contribution in [0, 0.1) is 20.8 Å². The number of benzene rings is 1. The highest BCUT2D eigenvalue weighted by Crippen LogP contribution is 2.30. The Bertz CT molecular complexity index is 648. The zero-order chi connectivity index (χ0) is 13.1. The summed E-state index contributed by atoms with van der Waals surface area (Å²) < 4.78 is 1.59. The van der Waals surface area contributed by atoms with Gasteiger partial charge in [0.05, 0.1) is 9.95 Å². The number of hydrogen-bond donors (Lipinski definition) is 0. The summed E-state index contributed by atoms with van der Waals surface area (Å²) in [7, 11) is 0. The molecule has 0 fully saturated rings. The van der Waals surface area contributed by atoms with E-state index in [4.69, 9.17) is 16.9 Å². The van der Waals surface area contributed by atoms with Crippen LogP contribution in [-0.4, -0.2) is 9.49 Å². The quantitative estimate of drug-likeness (QED) is 0.372. The molecule has 0 saturated heterocycles. The molecule has 0 saturated carbocycles. The topological polar surface area (TPSA) is 71.9 Å². The van der Waals surface area contributed by atoms with Gasteiger partial charge in [0.15, 0.2) is 0 Å². The van der Waals surface area contributed by atoms with Crippen molar-refractivity contribution in [2.75, 3.05) is 0 Å². The van der Waals surface area contributed by atoms with E-state index < -0.39 is 4.92 Å². The molecule has 0 radical (unpaired) electrons. The molecule has 2 aromatic rings. The van der Waals surface area contributed by atoms with Crippen molar-refractivity contribution >= 4 is 29.1 Å². The van der Waals surface area contributed by atoms with Crippen molar-refractivity contribution in [1.82, 2.24) is 4.57 Å². The smallest absolute Gasteiger partial charge is 0.294 e. The summed E-state index contributed by atoms with van der Waals surface area (Å²) in [6.07, 6.45) is 1.66. The van der Waals surface area contributed by atoms with Crippen molar-refractivity contribution in [3.8, 4) is 11.1 Å².